The third kappa shape index (κ3) is 3.02. The highest BCUT2D eigenvalue weighted by molar-refractivity contribution is 5.41. The topological polar surface area (TPSA) is 49.9 Å². The maximum Gasteiger partial charge on any atom is 0.148 e. The van der Waals surface area contributed by atoms with Gasteiger partial charge in [0.05, 0.1) is 11.9 Å². The molecule has 86 valence electrons. The van der Waals surface area contributed by atoms with Gasteiger partial charge in [0.1, 0.15) is 12.4 Å². The van der Waals surface area contributed by atoms with E-state index in [0.29, 0.717) is 6.54 Å². The monoisotopic (exact) mass is 227 g/mol. The SMILES string of the molecule is C#CCOc1ccccc1CNc1cn[nH]c1. The highest BCUT2D eigenvalue weighted by Crippen LogP contribution is 2.19. The molecule has 2 aromatic rings. The maximum atomic E-state index is 5.46. The standard InChI is InChI=1S/C13H13N3O/c1-2-7-17-13-6-4-3-5-11(13)8-14-12-9-15-16-10-12/h1,3-6,9-10,14H,7-8H2,(H,15,16). The summed E-state index contributed by atoms with van der Waals surface area (Å²) in [6.07, 6.45) is 8.70. The first kappa shape index (κ1) is 11.1. The van der Waals surface area contributed by atoms with Gasteiger partial charge in [-0.15, -0.1) is 6.42 Å². The van der Waals surface area contributed by atoms with Crippen molar-refractivity contribution in [1.29, 1.82) is 0 Å². The largest absolute Gasteiger partial charge is 0.481 e. The van der Waals surface area contributed by atoms with E-state index in [1.807, 2.05) is 24.3 Å². The third-order valence-corrected chi connectivity index (χ3v) is 2.26. The van der Waals surface area contributed by atoms with Gasteiger partial charge in [-0.3, -0.25) is 5.10 Å². The Bertz CT molecular complexity index is 500. The van der Waals surface area contributed by atoms with E-state index in [4.69, 9.17) is 11.2 Å². The van der Waals surface area contributed by atoms with Gasteiger partial charge < -0.3 is 10.1 Å². The summed E-state index contributed by atoms with van der Waals surface area (Å²) in [7, 11) is 0. The molecule has 0 atom stereocenters. The van der Waals surface area contributed by atoms with Gasteiger partial charge >= 0.3 is 0 Å². The molecule has 2 N–H and O–H groups in total. The number of nitrogens with zero attached hydrogens (tertiary/aromatic N) is 1. The molecule has 0 spiro atoms. The highest BCUT2D eigenvalue weighted by atomic mass is 16.5. The number of para-hydroxylation sites is 1. The number of ether oxygens (including phenoxy) is 1. The average Bonchev–Trinajstić information content (AvgIpc) is 2.88. The summed E-state index contributed by atoms with van der Waals surface area (Å²) in [5, 5.41) is 9.84. The van der Waals surface area contributed by atoms with Crippen LogP contribution in [0.5, 0.6) is 5.75 Å². The van der Waals surface area contributed by atoms with Crippen LogP contribution in [0, 0.1) is 12.3 Å². The molecule has 1 aromatic carbocycles. The summed E-state index contributed by atoms with van der Waals surface area (Å²) in [4.78, 5) is 0. The molecule has 0 aliphatic rings. The van der Waals surface area contributed by atoms with Crippen molar-refractivity contribution in [1.82, 2.24) is 10.2 Å². The van der Waals surface area contributed by atoms with Crippen molar-refractivity contribution in [2.75, 3.05) is 11.9 Å². The Morgan fingerprint density at radius 1 is 1.41 bits per heavy atom. The van der Waals surface area contributed by atoms with Crippen molar-refractivity contribution in [2.45, 2.75) is 6.54 Å². The normalized spacial score (nSPS) is 9.59. The van der Waals surface area contributed by atoms with Crippen LogP contribution in [-0.2, 0) is 6.54 Å². The van der Waals surface area contributed by atoms with Crippen LogP contribution in [-0.4, -0.2) is 16.8 Å². The number of hydrogen-bond acceptors (Lipinski definition) is 3. The van der Waals surface area contributed by atoms with Crippen molar-refractivity contribution in [3.05, 3.63) is 42.2 Å². The number of H-pyrrole nitrogens is 1. The molecular formula is C13H13N3O. The Morgan fingerprint density at radius 3 is 3.06 bits per heavy atom. The van der Waals surface area contributed by atoms with Crippen molar-refractivity contribution in [3.8, 4) is 18.1 Å². The van der Waals surface area contributed by atoms with Gasteiger partial charge in [0, 0.05) is 18.3 Å². The number of benzene rings is 1. The van der Waals surface area contributed by atoms with Crippen LogP contribution >= 0.6 is 0 Å². The van der Waals surface area contributed by atoms with Crippen LogP contribution in [0.15, 0.2) is 36.7 Å². The fourth-order valence-electron chi connectivity index (χ4n) is 1.45. The van der Waals surface area contributed by atoms with Crippen LogP contribution in [0.3, 0.4) is 0 Å². The molecule has 0 amide bonds. The zero-order chi connectivity index (χ0) is 11.9. The Kier molecular flexibility index (Phi) is 3.66. The van der Waals surface area contributed by atoms with Crippen molar-refractivity contribution in [2.24, 2.45) is 0 Å². The first-order valence-electron chi connectivity index (χ1n) is 5.27. The molecule has 0 saturated carbocycles. The number of aromatic nitrogens is 2. The maximum absolute atomic E-state index is 5.46. The second-order valence-corrected chi connectivity index (χ2v) is 3.44. The summed E-state index contributed by atoms with van der Waals surface area (Å²) < 4.78 is 5.46. The highest BCUT2D eigenvalue weighted by Gasteiger charge is 2.02. The summed E-state index contributed by atoms with van der Waals surface area (Å²) in [6.45, 7) is 0.947. The lowest BCUT2D eigenvalue weighted by atomic mass is 10.2. The Balaban J connectivity index is 2.02. The quantitative estimate of drug-likeness (QED) is 0.768. The second kappa shape index (κ2) is 5.61. The zero-order valence-electron chi connectivity index (χ0n) is 9.31. The van der Waals surface area contributed by atoms with Gasteiger partial charge in [-0.05, 0) is 6.07 Å². The summed E-state index contributed by atoms with van der Waals surface area (Å²) >= 11 is 0. The fourth-order valence-corrected chi connectivity index (χ4v) is 1.45. The first-order valence-corrected chi connectivity index (χ1v) is 5.27. The Hall–Kier alpha value is -2.41. The lowest BCUT2D eigenvalue weighted by molar-refractivity contribution is 0.366. The lowest BCUT2D eigenvalue weighted by Crippen LogP contribution is -2.03. The molecule has 0 saturated heterocycles. The van der Waals surface area contributed by atoms with E-state index in [9.17, 15) is 0 Å². The molecule has 17 heavy (non-hydrogen) atoms. The van der Waals surface area contributed by atoms with Crippen LogP contribution in [0.2, 0.25) is 0 Å². The first-order chi connectivity index (χ1) is 8.40. The van der Waals surface area contributed by atoms with Crippen LogP contribution < -0.4 is 10.1 Å². The third-order valence-electron chi connectivity index (χ3n) is 2.26. The molecule has 0 aliphatic carbocycles. The summed E-state index contributed by atoms with van der Waals surface area (Å²) in [5.41, 5.74) is 2.00. The van der Waals surface area contributed by atoms with Gasteiger partial charge in [0.15, 0.2) is 0 Å². The summed E-state index contributed by atoms with van der Waals surface area (Å²) in [6, 6.07) is 7.80. The molecule has 0 bridgehead atoms. The molecule has 0 aliphatic heterocycles. The van der Waals surface area contributed by atoms with Crippen LogP contribution in [0.25, 0.3) is 0 Å². The van der Waals surface area contributed by atoms with E-state index in [0.717, 1.165) is 17.0 Å². The number of nitrogens with one attached hydrogen (secondary N) is 2. The molecule has 0 unspecified atom stereocenters. The van der Waals surface area contributed by atoms with Gasteiger partial charge in [-0.25, -0.2) is 0 Å². The minimum atomic E-state index is 0.280. The van der Waals surface area contributed by atoms with Gasteiger partial charge in [-0.2, -0.15) is 5.10 Å². The molecule has 0 fully saturated rings. The molecule has 1 heterocycles. The minimum absolute atomic E-state index is 0.280. The van der Waals surface area contributed by atoms with Gasteiger partial charge in [0.2, 0.25) is 0 Å². The number of aromatic amines is 1. The molecular weight excluding hydrogens is 214 g/mol. The smallest absolute Gasteiger partial charge is 0.148 e. The van der Waals surface area contributed by atoms with E-state index < -0.39 is 0 Å². The molecule has 0 radical (unpaired) electrons. The van der Waals surface area contributed by atoms with E-state index >= 15 is 0 Å². The predicted octanol–water partition coefficient (Wildman–Crippen LogP) is 2.03. The predicted molar refractivity (Wildman–Crippen MR) is 66.7 cm³/mol. The van der Waals surface area contributed by atoms with Gasteiger partial charge in [-0.1, -0.05) is 24.1 Å². The number of anilines is 1. The van der Waals surface area contributed by atoms with Crippen molar-refractivity contribution in [3.63, 3.8) is 0 Å². The number of terminal acetylenes is 1. The average molecular weight is 227 g/mol. The summed E-state index contributed by atoms with van der Waals surface area (Å²) in [5.74, 6) is 3.26. The van der Waals surface area contributed by atoms with Gasteiger partial charge in [0.25, 0.3) is 0 Å². The fraction of sp³-hybridized carbons (Fsp3) is 0.154. The second-order valence-electron chi connectivity index (χ2n) is 3.44. The van der Waals surface area contributed by atoms with Crippen LogP contribution in [0.4, 0.5) is 5.69 Å². The Labute approximate surface area is 100 Å². The molecule has 1 aromatic heterocycles. The van der Waals surface area contributed by atoms with E-state index in [2.05, 4.69) is 21.4 Å². The van der Waals surface area contributed by atoms with Crippen LogP contribution in [0.1, 0.15) is 5.56 Å². The van der Waals surface area contributed by atoms with Crippen molar-refractivity contribution < 1.29 is 4.74 Å². The lowest BCUT2D eigenvalue weighted by Gasteiger charge is -2.10. The zero-order valence-corrected chi connectivity index (χ0v) is 9.31. The molecule has 4 nitrogen and oxygen atoms in total. The number of rotatable bonds is 5. The minimum Gasteiger partial charge on any atom is -0.481 e. The van der Waals surface area contributed by atoms with E-state index in [1.54, 1.807) is 12.4 Å². The number of hydrogen-bond donors (Lipinski definition) is 2. The Morgan fingerprint density at radius 2 is 2.29 bits per heavy atom. The van der Waals surface area contributed by atoms with E-state index in [-0.39, 0.29) is 6.61 Å². The van der Waals surface area contributed by atoms with E-state index in [1.165, 1.54) is 0 Å². The van der Waals surface area contributed by atoms with Crippen molar-refractivity contribution >= 4 is 5.69 Å². The molecule has 2 rings (SSSR count). The molecule has 4 heteroatoms.